The monoisotopic (exact) mass is 428 g/mol. The lowest BCUT2D eigenvalue weighted by Crippen LogP contribution is -2.59. The first-order chi connectivity index (χ1) is 14.2. The van der Waals surface area contributed by atoms with Gasteiger partial charge in [-0.2, -0.15) is 0 Å². The number of ketones is 1. The van der Waals surface area contributed by atoms with Crippen molar-refractivity contribution in [2.24, 2.45) is 40.4 Å². The van der Waals surface area contributed by atoms with Crippen LogP contribution in [0.3, 0.4) is 0 Å². The number of esters is 1. The Morgan fingerprint density at radius 3 is 2.63 bits per heavy atom. The third-order valence-electron chi connectivity index (χ3n) is 10.4. The second kappa shape index (κ2) is 6.02. The molecule has 4 saturated carbocycles. The van der Waals surface area contributed by atoms with Crippen molar-refractivity contribution in [1.29, 1.82) is 0 Å². The van der Waals surface area contributed by atoms with Crippen LogP contribution in [-0.4, -0.2) is 27.7 Å². The summed E-state index contributed by atoms with van der Waals surface area (Å²) in [6, 6.07) is 0. The maximum atomic E-state index is 12.3. The molecule has 6 aliphatic rings. The second-order valence-electron chi connectivity index (χ2n) is 11.4. The molecule has 5 heteroatoms. The van der Waals surface area contributed by atoms with Crippen molar-refractivity contribution in [3.8, 4) is 0 Å². The Balaban J connectivity index is 1.45. The third-order valence-corrected chi connectivity index (χ3v) is 11.5. The van der Waals surface area contributed by atoms with Crippen LogP contribution >= 0.6 is 11.8 Å². The van der Waals surface area contributed by atoms with Crippen LogP contribution in [0.15, 0.2) is 11.6 Å². The van der Waals surface area contributed by atoms with Crippen LogP contribution in [0.5, 0.6) is 0 Å². The molecule has 0 aromatic carbocycles. The highest BCUT2D eigenvalue weighted by molar-refractivity contribution is 8.14. The molecule has 9 atom stereocenters. The zero-order valence-electron chi connectivity index (χ0n) is 18.2. The van der Waals surface area contributed by atoms with Crippen LogP contribution in [0.2, 0.25) is 0 Å². The van der Waals surface area contributed by atoms with Gasteiger partial charge >= 0.3 is 5.97 Å². The maximum Gasteiger partial charge on any atom is 0.306 e. The summed E-state index contributed by atoms with van der Waals surface area (Å²) in [6.07, 6.45) is 9.27. The fourth-order valence-corrected chi connectivity index (χ4v) is 10.4. The molecule has 0 aromatic heterocycles. The molecule has 5 aliphatic carbocycles. The van der Waals surface area contributed by atoms with Crippen LogP contribution in [0.4, 0.5) is 0 Å². The van der Waals surface area contributed by atoms with Crippen molar-refractivity contribution in [3.63, 3.8) is 0 Å². The van der Waals surface area contributed by atoms with Gasteiger partial charge < -0.3 is 4.74 Å². The van der Waals surface area contributed by atoms with E-state index in [1.54, 1.807) is 6.92 Å². The predicted molar refractivity (Wildman–Crippen MR) is 115 cm³/mol. The van der Waals surface area contributed by atoms with Gasteiger partial charge in [-0.05, 0) is 73.7 Å². The summed E-state index contributed by atoms with van der Waals surface area (Å²) in [5.74, 6) is 2.94. The number of rotatable bonds is 1. The number of carbonyl (C=O) groups excluding carboxylic acids is 3. The van der Waals surface area contributed by atoms with Gasteiger partial charge in [0, 0.05) is 36.3 Å². The largest absolute Gasteiger partial charge is 0.458 e. The van der Waals surface area contributed by atoms with E-state index >= 15 is 0 Å². The summed E-state index contributed by atoms with van der Waals surface area (Å²) in [5.41, 5.74) is 1.16. The van der Waals surface area contributed by atoms with Gasteiger partial charge in [-0.15, -0.1) is 0 Å². The van der Waals surface area contributed by atoms with E-state index in [-0.39, 0.29) is 38.5 Å². The van der Waals surface area contributed by atoms with E-state index in [1.165, 1.54) is 23.8 Å². The molecule has 0 amide bonds. The Bertz CT molecular complexity index is 894. The van der Waals surface area contributed by atoms with E-state index in [1.807, 2.05) is 6.08 Å². The molecule has 1 unspecified atom stereocenters. The Labute approximate surface area is 182 Å². The van der Waals surface area contributed by atoms with E-state index < -0.39 is 0 Å². The van der Waals surface area contributed by atoms with Gasteiger partial charge in [0.25, 0.3) is 0 Å². The Morgan fingerprint density at radius 1 is 1.13 bits per heavy atom. The summed E-state index contributed by atoms with van der Waals surface area (Å²) in [6.45, 7) is 6.49. The topological polar surface area (TPSA) is 60.4 Å². The van der Waals surface area contributed by atoms with Gasteiger partial charge in [0.1, 0.15) is 5.60 Å². The van der Waals surface area contributed by atoms with E-state index in [0.717, 1.165) is 32.1 Å². The van der Waals surface area contributed by atoms with Crippen molar-refractivity contribution in [1.82, 2.24) is 0 Å². The highest BCUT2D eigenvalue weighted by Gasteiger charge is 2.79. The number of carbonyl (C=O) groups is 3. The van der Waals surface area contributed by atoms with Gasteiger partial charge in [-0.1, -0.05) is 31.2 Å². The van der Waals surface area contributed by atoms with Crippen LogP contribution in [0.25, 0.3) is 0 Å². The van der Waals surface area contributed by atoms with Crippen molar-refractivity contribution in [3.05, 3.63) is 11.6 Å². The summed E-state index contributed by atoms with van der Waals surface area (Å²) >= 11 is 1.52. The molecule has 1 saturated heterocycles. The summed E-state index contributed by atoms with van der Waals surface area (Å²) in [5, 5.41) is 0.431. The van der Waals surface area contributed by atoms with E-state index in [9.17, 15) is 14.4 Å². The fourth-order valence-electron chi connectivity index (χ4n) is 9.18. The standard InChI is InChI=1S/C25H32O4S/c1-13(26)30-19-11-14-10-15(27)4-7-23(14,2)17-5-8-24(3)22(21(17)19)16-12-18(16)25(24)9-6-20(28)29-25/h10,16-19,21-22H,4-9,11-12H2,1-3H3/t16-,17-,18+,19+,21-,22-,23-,24-,25?/m0/s1. The van der Waals surface area contributed by atoms with Crippen LogP contribution in [0.1, 0.15) is 72.1 Å². The molecule has 0 aromatic rings. The SMILES string of the molecule is CC(=O)S[C@@H]1CC2=CC(=O)CC[C@]2(C)[C@H]2CC[C@@]3(C)[C@@H]([C@H]4C[C@H]4C34CCC(=O)O4)[C@H]12. The van der Waals surface area contributed by atoms with Gasteiger partial charge in [0.05, 0.1) is 0 Å². The minimum Gasteiger partial charge on any atom is -0.458 e. The lowest BCUT2D eigenvalue weighted by Gasteiger charge is -2.62. The molecule has 1 spiro atoms. The summed E-state index contributed by atoms with van der Waals surface area (Å²) < 4.78 is 6.21. The number of hydrogen-bond acceptors (Lipinski definition) is 5. The van der Waals surface area contributed by atoms with Gasteiger partial charge in [-0.25, -0.2) is 0 Å². The zero-order chi connectivity index (χ0) is 21.1. The highest BCUT2D eigenvalue weighted by atomic mass is 32.2. The smallest absolute Gasteiger partial charge is 0.306 e. The number of ether oxygens (including phenoxy) is 1. The summed E-state index contributed by atoms with van der Waals surface area (Å²) in [7, 11) is 0. The van der Waals surface area contributed by atoms with Gasteiger partial charge in [0.2, 0.25) is 0 Å². The first kappa shape index (κ1) is 19.6. The quantitative estimate of drug-likeness (QED) is 0.566. The molecule has 0 bridgehead atoms. The first-order valence-electron chi connectivity index (χ1n) is 11.8. The minimum atomic E-state index is -0.255. The molecule has 1 heterocycles. The van der Waals surface area contributed by atoms with Gasteiger partial charge in [-0.3, -0.25) is 14.4 Å². The molecule has 6 rings (SSSR count). The number of hydrogen-bond donors (Lipinski definition) is 0. The minimum absolute atomic E-state index is 0.00840. The average molecular weight is 429 g/mol. The molecule has 0 radical (unpaired) electrons. The maximum absolute atomic E-state index is 12.3. The molecular weight excluding hydrogens is 396 g/mol. The molecule has 5 fully saturated rings. The van der Waals surface area contributed by atoms with Crippen LogP contribution in [-0.2, 0) is 19.1 Å². The Kier molecular flexibility index (Phi) is 3.93. The Hall–Kier alpha value is -1.10. The lowest BCUT2D eigenvalue weighted by atomic mass is 9.45. The average Bonchev–Trinajstić information content (AvgIpc) is 3.31. The number of fused-ring (bicyclic) bond motifs is 9. The normalized spacial score (nSPS) is 53.4. The van der Waals surface area contributed by atoms with Crippen LogP contribution < -0.4 is 0 Å². The summed E-state index contributed by atoms with van der Waals surface area (Å²) in [4.78, 5) is 36.7. The Morgan fingerprint density at radius 2 is 1.93 bits per heavy atom. The molecular formula is C25H32O4S. The van der Waals surface area contributed by atoms with E-state index in [0.29, 0.717) is 42.4 Å². The highest BCUT2D eigenvalue weighted by Crippen LogP contribution is 2.79. The van der Waals surface area contributed by atoms with Crippen molar-refractivity contribution < 1.29 is 19.1 Å². The lowest BCUT2D eigenvalue weighted by molar-refractivity contribution is -0.176. The van der Waals surface area contributed by atoms with Crippen molar-refractivity contribution in [2.45, 2.75) is 83.0 Å². The first-order valence-corrected chi connectivity index (χ1v) is 12.7. The zero-order valence-corrected chi connectivity index (χ0v) is 19.1. The van der Waals surface area contributed by atoms with Gasteiger partial charge in [0.15, 0.2) is 10.9 Å². The molecule has 30 heavy (non-hydrogen) atoms. The molecule has 162 valence electrons. The van der Waals surface area contributed by atoms with E-state index in [4.69, 9.17) is 4.74 Å². The van der Waals surface area contributed by atoms with Crippen molar-refractivity contribution >= 4 is 28.6 Å². The fraction of sp³-hybridized carbons (Fsp3) is 0.800. The second-order valence-corrected chi connectivity index (χ2v) is 12.9. The van der Waals surface area contributed by atoms with Crippen LogP contribution in [0, 0.1) is 40.4 Å². The predicted octanol–water partition coefficient (Wildman–Crippen LogP) is 4.71. The van der Waals surface area contributed by atoms with Crippen molar-refractivity contribution in [2.75, 3.05) is 0 Å². The molecule has 0 N–H and O–H groups in total. The third kappa shape index (κ3) is 2.28. The number of thioether (sulfide) groups is 1. The molecule has 4 nitrogen and oxygen atoms in total. The number of allylic oxidation sites excluding steroid dienone is 1. The van der Waals surface area contributed by atoms with E-state index in [2.05, 4.69) is 13.8 Å². The molecule has 1 aliphatic heterocycles.